The first kappa shape index (κ1) is 46.5. The maximum Gasteiger partial charge on any atom is 0.249 e. The van der Waals surface area contributed by atoms with Crippen LogP contribution in [0.1, 0.15) is 194 Å². The highest BCUT2D eigenvalue weighted by atomic mass is 16.3. The monoisotopic (exact) mass is 678 g/mol. The standard InChI is InChI=1S/C42H79NO5/c1-3-5-7-9-11-13-15-17-19-20-21-22-24-26-28-30-32-34-36-40(46)42(48)43-38(37-44)41(47)39(45)35-33-31-29-27-25-23-18-16-14-12-10-8-6-4-2/h8,10,16,18,27,29,38-41,44-47H,3-7,9,11-15,17,19-26,28,30-37H2,1-2H3,(H,43,48)/b10-8+,18-16+,29-27+. The first-order chi connectivity index (χ1) is 23.5. The lowest BCUT2D eigenvalue weighted by Crippen LogP contribution is -2.53. The summed E-state index contributed by atoms with van der Waals surface area (Å²) in [4.78, 5) is 12.5. The molecule has 0 aromatic carbocycles. The van der Waals surface area contributed by atoms with Crippen LogP contribution in [0.3, 0.4) is 0 Å². The molecule has 0 rings (SSSR count). The number of nitrogens with one attached hydrogen (secondary N) is 1. The molecule has 4 unspecified atom stereocenters. The van der Waals surface area contributed by atoms with Crippen molar-refractivity contribution in [1.82, 2.24) is 5.32 Å². The predicted octanol–water partition coefficient (Wildman–Crippen LogP) is 10.2. The Hall–Kier alpha value is -1.47. The van der Waals surface area contributed by atoms with Crippen LogP contribution in [0, 0.1) is 0 Å². The Morgan fingerprint density at radius 2 is 0.896 bits per heavy atom. The van der Waals surface area contributed by atoms with Gasteiger partial charge < -0.3 is 25.7 Å². The fraction of sp³-hybridized carbons (Fsp3) is 0.833. The SMILES string of the molecule is CCC/C=C/CC/C=C/CC/C=C/CCCC(O)C(O)C(CO)NC(=O)C(O)CCCCCCCCCCCCCCCCCCCC. The van der Waals surface area contributed by atoms with Crippen LogP contribution in [-0.2, 0) is 4.79 Å². The summed E-state index contributed by atoms with van der Waals surface area (Å²) in [5, 5.41) is 43.5. The lowest BCUT2D eigenvalue weighted by molar-refractivity contribution is -0.132. The van der Waals surface area contributed by atoms with Gasteiger partial charge in [-0.3, -0.25) is 4.79 Å². The highest BCUT2D eigenvalue weighted by Gasteiger charge is 2.28. The quantitative estimate of drug-likeness (QED) is 0.0335. The predicted molar refractivity (Wildman–Crippen MR) is 205 cm³/mol. The van der Waals surface area contributed by atoms with E-state index in [4.69, 9.17) is 0 Å². The Morgan fingerprint density at radius 3 is 1.31 bits per heavy atom. The minimum atomic E-state index is -1.29. The van der Waals surface area contributed by atoms with Gasteiger partial charge >= 0.3 is 0 Å². The van der Waals surface area contributed by atoms with Crippen LogP contribution in [0.4, 0.5) is 0 Å². The van der Waals surface area contributed by atoms with Crippen LogP contribution in [0.25, 0.3) is 0 Å². The molecule has 0 fully saturated rings. The first-order valence-corrected chi connectivity index (χ1v) is 20.4. The van der Waals surface area contributed by atoms with Gasteiger partial charge in [-0.2, -0.15) is 0 Å². The van der Waals surface area contributed by atoms with Gasteiger partial charge in [0.05, 0.1) is 18.8 Å². The Balaban J connectivity index is 3.82. The molecule has 1 amide bonds. The number of carbonyl (C=O) groups is 1. The summed E-state index contributed by atoms with van der Waals surface area (Å²) in [7, 11) is 0. The average Bonchev–Trinajstić information content (AvgIpc) is 3.09. The van der Waals surface area contributed by atoms with Crippen molar-refractivity contribution in [2.75, 3.05) is 6.61 Å². The van der Waals surface area contributed by atoms with E-state index in [0.29, 0.717) is 19.3 Å². The smallest absolute Gasteiger partial charge is 0.249 e. The number of aliphatic hydroxyl groups is 4. The highest BCUT2D eigenvalue weighted by Crippen LogP contribution is 2.15. The lowest BCUT2D eigenvalue weighted by Gasteiger charge is -2.27. The molecule has 0 saturated heterocycles. The fourth-order valence-corrected chi connectivity index (χ4v) is 6.03. The Labute approximate surface area is 297 Å². The van der Waals surface area contributed by atoms with E-state index in [9.17, 15) is 25.2 Å². The lowest BCUT2D eigenvalue weighted by atomic mass is 10.00. The van der Waals surface area contributed by atoms with Crippen LogP contribution >= 0.6 is 0 Å². The number of rotatable bonds is 36. The zero-order valence-corrected chi connectivity index (χ0v) is 31.5. The van der Waals surface area contributed by atoms with Gasteiger partial charge in [0, 0.05) is 0 Å². The second-order valence-electron chi connectivity index (χ2n) is 14.0. The van der Waals surface area contributed by atoms with Gasteiger partial charge in [0.15, 0.2) is 0 Å². The van der Waals surface area contributed by atoms with Gasteiger partial charge in [-0.1, -0.05) is 172 Å². The van der Waals surface area contributed by atoms with Crippen molar-refractivity contribution in [3.8, 4) is 0 Å². The molecule has 5 N–H and O–H groups in total. The third-order valence-corrected chi connectivity index (χ3v) is 9.29. The van der Waals surface area contributed by atoms with Gasteiger partial charge in [0.1, 0.15) is 12.2 Å². The second kappa shape index (κ2) is 36.8. The molecule has 0 aliphatic carbocycles. The summed E-state index contributed by atoms with van der Waals surface area (Å²) in [5.41, 5.74) is 0. The second-order valence-corrected chi connectivity index (χ2v) is 14.0. The number of unbranched alkanes of at least 4 members (excludes halogenated alkanes) is 21. The van der Waals surface area contributed by atoms with Gasteiger partial charge in [-0.25, -0.2) is 0 Å². The Kier molecular flexibility index (Phi) is 35.7. The number of hydrogen-bond donors (Lipinski definition) is 5. The Morgan fingerprint density at radius 1 is 0.500 bits per heavy atom. The topological polar surface area (TPSA) is 110 Å². The molecule has 0 radical (unpaired) electrons. The molecule has 0 saturated carbocycles. The summed E-state index contributed by atoms with van der Waals surface area (Å²) in [5.74, 6) is -0.600. The van der Waals surface area contributed by atoms with Crippen molar-refractivity contribution in [2.45, 2.75) is 218 Å². The molecule has 0 aromatic rings. The summed E-state index contributed by atoms with van der Waals surface area (Å²) in [6, 6.07) is -1.01. The number of aliphatic hydroxyl groups excluding tert-OH is 4. The third kappa shape index (κ3) is 30.6. The van der Waals surface area contributed by atoms with E-state index >= 15 is 0 Å². The van der Waals surface area contributed by atoms with E-state index < -0.39 is 36.9 Å². The highest BCUT2D eigenvalue weighted by molar-refractivity contribution is 5.80. The molecular formula is C42H79NO5. The molecule has 0 aromatic heterocycles. The molecule has 282 valence electrons. The number of amides is 1. The summed E-state index contributed by atoms with van der Waals surface area (Å²) < 4.78 is 0. The first-order valence-electron chi connectivity index (χ1n) is 20.4. The minimum absolute atomic E-state index is 0.361. The van der Waals surface area contributed by atoms with Crippen LogP contribution < -0.4 is 5.32 Å². The molecule has 0 spiro atoms. The van der Waals surface area contributed by atoms with E-state index in [1.54, 1.807) is 0 Å². The van der Waals surface area contributed by atoms with Crippen LogP contribution in [0.15, 0.2) is 36.5 Å². The molecule has 6 nitrogen and oxygen atoms in total. The van der Waals surface area contributed by atoms with E-state index in [-0.39, 0.29) is 0 Å². The Bertz CT molecular complexity index is 767. The number of allylic oxidation sites excluding steroid dienone is 6. The van der Waals surface area contributed by atoms with Crippen molar-refractivity contribution in [3.05, 3.63) is 36.5 Å². The van der Waals surface area contributed by atoms with Crippen LogP contribution in [-0.4, -0.2) is 57.3 Å². The zero-order valence-electron chi connectivity index (χ0n) is 31.5. The molecule has 4 atom stereocenters. The van der Waals surface area contributed by atoms with E-state index in [0.717, 1.165) is 57.8 Å². The van der Waals surface area contributed by atoms with Gasteiger partial charge in [-0.05, 0) is 57.8 Å². The van der Waals surface area contributed by atoms with Crippen molar-refractivity contribution >= 4 is 5.91 Å². The minimum Gasteiger partial charge on any atom is -0.394 e. The summed E-state index contributed by atoms with van der Waals surface area (Å²) >= 11 is 0. The molecule has 0 aliphatic heterocycles. The average molecular weight is 678 g/mol. The number of hydrogen-bond acceptors (Lipinski definition) is 5. The van der Waals surface area contributed by atoms with Crippen molar-refractivity contribution < 1.29 is 25.2 Å². The van der Waals surface area contributed by atoms with E-state index in [1.807, 2.05) is 0 Å². The van der Waals surface area contributed by atoms with Gasteiger partial charge in [0.2, 0.25) is 5.91 Å². The van der Waals surface area contributed by atoms with E-state index in [2.05, 4.69) is 55.6 Å². The van der Waals surface area contributed by atoms with E-state index in [1.165, 1.54) is 103 Å². The zero-order chi connectivity index (χ0) is 35.3. The normalized spacial score (nSPS) is 14.7. The van der Waals surface area contributed by atoms with Crippen LogP contribution in [0.5, 0.6) is 0 Å². The maximum absolute atomic E-state index is 12.5. The van der Waals surface area contributed by atoms with Gasteiger partial charge in [-0.15, -0.1) is 0 Å². The van der Waals surface area contributed by atoms with Gasteiger partial charge in [0.25, 0.3) is 0 Å². The molecule has 0 heterocycles. The third-order valence-electron chi connectivity index (χ3n) is 9.29. The fourth-order valence-electron chi connectivity index (χ4n) is 6.03. The molecule has 6 heteroatoms. The molecule has 0 bridgehead atoms. The molecule has 48 heavy (non-hydrogen) atoms. The molecule has 0 aliphatic rings. The molecular weight excluding hydrogens is 598 g/mol. The van der Waals surface area contributed by atoms with Crippen molar-refractivity contribution in [1.29, 1.82) is 0 Å². The largest absolute Gasteiger partial charge is 0.394 e. The number of carbonyl (C=O) groups excluding carboxylic acids is 1. The summed E-state index contributed by atoms with van der Waals surface area (Å²) in [6.45, 7) is 3.96. The van der Waals surface area contributed by atoms with Crippen molar-refractivity contribution in [3.63, 3.8) is 0 Å². The summed E-state index contributed by atoms with van der Waals surface area (Å²) in [6.07, 6.45) is 41.7. The van der Waals surface area contributed by atoms with Crippen LogP contribution in [0.2, 0.25) is 0 Å². The van der Waals surface area contributed by atoms with Crippen molar-refractivity contribution in [2.24, 2.45) is 0 Å². The maximum atomic E-state index is 12.5.